The fourth-order valence-corrected chi connectivity index (χ4v) is 4.27. The number of carbonyl (C=O) groups is 2. The van der Waals surface area contributed by atoms with Gasteiger partial charge in [-0.3, -0.25) is 14.8 Å². The number of hydrogen-bond acceptors (Lipinski definition) is 4. The van der Waals surface area contributed by atoms with E-state index < -0.39 is 5.91 Å². The first-order chi connectivity index (χ1) is 15.0. The highest BCUT2D eigenvalue weighted by Crippen LogP contribution is 2.29. The maximum absolute atomic E-state index is 13.6. The predicted molar refractivity (Wildman–Crippen MR) is 120 cm³/mol. The quantitative estimate of drug-likeness (QED) is 0.588. The number of nitrogens with one attached hydrogen (secondary N) is 1. The van der Waals surface area contributed by atoms with Gasteiger partial charge in [-0.15, -0.1) is 0 Å². The summed E-state index contributed by atoms with van der Waals surface area (Å²) in [6, 6.07) is 15.5. The number of amides is 2. The van der Waals surface area contributed by atoms with Crippen LogP contribution in [0, 0.1) is 0 Å². The average molecular weight is 418 g/mol. The van der Waals surface area contributed by atoms with E-state index in [4.69, 9.17) is 5.21 Å². The molecule has 0 saturated heterocycles. The zero-order valence-corrected chi connectivity index (χ0v) is 17.9. The highest BCUT2D eigenvalue weighted by atomic mass is 16.5. The molecule has 2 aromatic carbocycles. The molecule has 0 bridgehead atoms. The molecule has 6 heteroatoms. The summed E-state index contributed by atoms with van der Waals surface area (Å²) < 4.78 is 0. The summed E-state index contributed by atoms with van der Waals surface area (Å²) in [6.07, 6.45) is 3.61. The molecule has 0 saturated carbocycles. The lowest BCUT2D eigenvalue weighted by atomic mass is 9.96. The van der Waals surface area contributed by atoms with Gasteiger partial charge < -0.3 is 9.80 Å². The number of carbonyl (C=O) groups excluding carboxylic acids is 2. The Hall–Kier alpha value is -3.38. The van der Waals surface area contributed by atoms with Gasteiger partial charge in [-0.05, 0) is 68.2 Å². The van der Waals surface area contributed by atoms with E-state index in [0.717, 1.165) is 41.1 Å². The summed E-state index contributed by atoms with van der Waals surface area (Å²) in [5.74, 6) is -0.496. The first-order valence-electron chi connectivity index (χ1n) is 10.5. The van der Waals surface area contributed by atoms with Crippen molar-refractivity contribution in [3.63, 3.8) is 0 Å². The van der Waals surface area contributed by atoms with Gasteiger partial charge in [0.2, 0.25) is 0 Å². The predicted octanol–water partition coefficient (Wildman–Crippen LogP) is 3.82. The number of fused-ring (bicyclic) bond motifs is 1. The van der Waals surface area contributed by atoms with Crippen molar-refractivity contribution in [3.05, 3.63) is 88.1 Å². The molecule has 0 aliphatic carbocycles. The van der Waals surface area contributed by atoms with Gasteiger partial charge >= 0.3 is 0 Å². The second-order valence-electron chi connectivity index (χ2n) is 8.13. The molecule has 2 N–H and O–H groups in total. The van der Waals surface area contributed by atoms with Crippen molar-refractivity contribution in [2.75, 3.05) is 18.0 Å². The van der Waals surface area contributed by atoms with E-state index in [1.807, 2.05) is 42.2 Å². The van der Waals surface area contributed by atoms with Gasteiger partial charge in [0.15, 0.2) is 0 Å². The fourth-order valence-electron chi connectivity index (χ4n) is 4.27. The van der Waals surface area contributed by atoms with Crippen LogP contribution < -0.4 is 10.4 Å². The Morgan fingerprint density at radius 2 is 1.74 bits per heavy atom. The fraction of sp³-hybridized carbons (Fsp3) is 0.280. The highest BCUT2D eigenvalue weighted by Gasteiger charge is 2.27. The molecule has 4 rings (SSSR count). The first-order valence-corrected chi connectivity index (χ1v) is 10.5. The van der Waals surface area contributed by atoms with Gasteiger partial charge in [-0.2, -0.15) is 0 Å². The van der Waals surface area contributed by atoms with Crippen LogP contribution in [0.15, 0.2) is 71.5 Å². The van der Waals surface area contributed by atoms with Crippen molar-refractivity contribution in [2.45, 2.75) is 33.2 Å². The minimum Gasteiger partial charge on any atom is -0.344 e. The number of allylic oxidation sites excluding steroid dienone is 1. The summed E-state index contributed by atoms with van der Waals surface area (Å²) in [6.45, 7) is 6.03. The van der Waals surface area contributed by atoms with E-state index in [-0.39, 0.29) is 5.91 Å². The van der Waals surface area contributed by atoms with Crippen molar-refractivity contribution in [1.29, 1.82) is 0 Å². The number of anilines is 1. The number of hydrogen-bond donors (Lipinski definition) is 2. The van der Waals surface area contributed by atoms with E-state index in [0.29, 0.717) is 25.1 Å². The normalized spacial score (nSPS) is 16.4. The van der Waals surface area contributed by atoms with Gasteiger partial charge in [0.25, 0.3) is 11.8 Å². The topological polar surface area (TPSA) is 72.9 Å². The Kier molecular flexibility index (Phi) is 5.91. The summed E-state index contributed by atoms with van der Waals surface area (Å²) in [5, 5.41) is 8.86. The number of rotatable bonds is 3. The summed E-state index contributed by atoms with van der Waals surface area (Å²) in [5.41, 5.74) is 8.14. The van der Waals surface area contributed by atoms with Gasteiger partial charge in [0.1, 0.15) is 0 Å². The Morgan fingerprint density at radius 3 is 2.48 bits per heavy atom. The summed E-state index contributed by atoms with van der Waals surface area (Å²) in [7, 11) is 0. The van der Waals surface area contributed by atoms with Crippen molar-refractivity contribution < 1.29 is 14.8 Å². The van der Waals surface area contributed by atoms with Crippen molar-refractivity contribution in [3.8, 4) is 0 Å². The number of para-hydroxylation sites is 1. The maximum Gasteiger partial charge on any atom is 0.274 e. The van der Waals surface area contributed by atoms with E-state index in [2.05, 4.69) is 24.0 Å². The van der Waals surface area contributed by atoms with Crippen LogP contribution in [-0.4, -0.2) is 35.0 Å². The molecular formula is C25H27N3O3. The Balaban J connectivity index is 1.62. The zero-order chi connectivity index (χ0) is 22.0. The van der Waals surface area contributed by atoms with Crippen LogP contribution in [0.3, 0.4) is 0 Å². The van der Waals surface area contributed by atoms with Crippen LogP contribution in [0.25, 0.3) is 0 Å². The Labute approximate surface area is 182 Å². The van der Waals surface area contributed by atoms with Crippen LogP contribution in [0.5, 0.6) is 0 Å². The standard InChI is InChI=1S/C25H27N3O3/c1-17-10-13-28(22-6-4-3-5-7-22)18(2)23(14-17)25(30)27-12-11-19-15-20(24(29)26-31)8-9-21(19)16-27/h3-9,14-15,31H,10-13,16H2,1-2H3,(H,26,29). The lowest BCUT2D eigenvalue weighted by molar-refractivity contribution is -0.127. The zero-order valence-electron chi connectivity index (χ0n) is 17.9. The summed E-state index contributed by atoms with van der Waals surface area (Å²) in [4.78, 5) is 29.4. The van der Waals surface area contributed by atoms with Crippen molar-refractivity contribution >= 4 is 17.5 Å². The largest absolute Gasteiger partial charge is 0.344 e. The molecule has 0 atom stereocenters. The Morgan fingerprint density at radius 1 is 0.968 bits per heavy atom. The molecule has 0 fully saturated rings. The molecule has 2 aliphatic rings. The van der Waals surface area contributed by atoms with E-state index >= 15 is 0 Å². The molecule has 6 nitrogen and oxygen atoms in total. The molecule has 2 aromatic rings. The molecular weight excluding hydrogens is 390 g/mol. The monoisotopic (exact) mass is 417 g/mol. The van der Waals surface area contributed by atoms with Crippen molar-refractivity contribution in [1.82, 2.24) is 10.4 Å². The lowest BCUT2D eigenvalue weighted by Crippen LogP contribution is -2.38. The minimum atomic E-state index is -0.526. The van der Waals surface area contributed by atoms with Crippen LogP contribution in [0.1, 0.15) is 41.8 Å². The number of benzene rings is 2. The SMILES string of the molecule is CC1=CC(C(=O)N2CCc3cc(C(=O)NO)ccc3C2)=C(C)N(c2ccccc2)CC1. The van der Waals surface area contributed by atoms with Gasteiger partial charge in [0, 0.05) is 36.6 Å². The molecule has 160 valence electrons. The van der Waals surface area contributed by atoms with Gasteiger partial charge in [-0.25, -0.2) is 5.48 Å². The molecule has 2 aliphatic heterocycles. The second-order valence-corrected chi connectivity index (χ2v) is 8.13. The van der Waals surface area contributed by atoms with Crippen LogP contribution in [0.4, 0.5) is 5.69 Å². The van der Waals surface area contributed by atoms with E-state index in [1.165, 1.54) is 5.57 Å². The molecule has 31 heavy (non-hydrogen) atoms. The number of nitrogens with zero attached hydrogens (tertiary/aromatic N) is 2. The van der Waals surface area contributed by atoms with Gasteiger partial charge in [0.05, 0.1) is 5.57 Å². The highest BCUT2D eigenvalue weighted by molar-refractivity contribution is 5.98. The maximum atomic E-state index is 13.6. The third-order valence-electron chi connectivity index (χ3n) is 6.08. The second kappa shape index (κ2) is 8.78. The minimum absolute atomic E-state index is 0.0301. The molecule has 2 amide bonds. The molecule has 0 spiro atoms. The third-order valence-corrected chi connectivity index (χ3v) is 6.08. The van der Waals surface area contributed by atoms with E-state index in [1.54, 1.807) is 17.6 Å². The van der Waals surface area contributed by atoms with Crippen LogP contribution >= 0.6 is 0 Å². The molecule has 0 unspecified atom stereocenters. The van der Waals surface area contributed by atoms with Gasteiger partial charge in [-0.1, -0.05) is 29.8 Å². The van der Waals surface area contributed by atoms with E-state index in [9.17, 15) is 9.59 Å². The Bertz CT molecular complexity index is 1070. The lowest BCUT2D eigenvalue weighted by Gasteiger charge is -2.31. The molecule has 2 heterocycles. The first kappa shape index (κ1) is 20.9. The molecule has 0 radical (unpaired) electrons. The number of hydroxylamine groups is 1. The smallest absolute Gasteiger partial charge is 0.274 e. The summed E-state index contributed by atoms with van der Waals surface area (Å²) >= 11 is 0. The van der Waals surface area contributed by atoms with Crippen LogP contribution in [-0.2, 0) is 17.8 Å². The molecule has 0 aromatic heterocycles. The third kappa shape index (κ3) is 4.25. The van der Waals surface area contributed by atoms with Crippen molar-refractivity contribution in [2.24, 2.45) is 0 Å². The van der Waals surface area contributed by atoms with Crippen LogP contribution in [0.2, 0.25) is 0 Å². The average Bonchev–Trinajstić information content (AvgIpc) is 2.96.